The van der Waals surface area contributed by atoms with E-state index in [4.69, 9.17) is 0 Å². The normalized spacial score (nSPS) is 30.0. The summed E-state index contributed by atoms with van der Waals surface area (Å²) < 4.78 is 29.9. The van der Waals surface area contributed by atoms with Gasteiger partial charge in [-0.15, -0.1) is 0 Å². The van der Waals surface area contributed by atoms with Crippen molar-refractivity contribution in [1.29, 1.82) is 0 Å². The van der Waals surface area contributed by atoms with Gasteiger partial charge in [0.25, 0.3) is 0 Å². The van der Waals surface area contributed by atoms with Crippen LogP contribution >= 0.6 is 0 Å². The number of hydrogen-bond acceptors (Lipinski definition) is 3. The fourth-order valence-corrected chi connectivity index (χ4v) is 6.17. The Morgan fingerprint density at radius 1 is 1.29 bits per heavy atom. The fourth-order valence-electron chi connectivity index (χ4n) is 4.44. The minimum atomic E-state index is -3.49. The number of rotatable bonds is 4. The molecule has 1 heterocycles. The van der Waals surface area contributed by atoms with Crippen molar-refractivity contribution < 1.29 is 8.42 Å². The van der Waals surface area contributed by atoms with Crippen molar-refractivity contribution in [2.45, 2.75) is 57.4 Å². The molecule has 0 spiro atoms. The third-order valence-corrected chi connectivity index (χ3v) is 7.30. The van der Waals surface area contributed by atoms with Gasteiger partial charge < -0.3 is 0 Å². The van der Waals surface area contributed by atoms with Crippen LogP contribution in [0.3, 0.4) is 0 Å². The molecule has 3 rings (SSSR count). The van der Waals surface area contributed by atoms with Crippen LogP contribution in [0.2, 0.25) is 0 Å². The first kappa shape index (κ1) is 15.0. The Balaban J connectivity index is 1.80. The van der Waals surface area contributed by atoms with Crippen molar-refractivity contribution >= 4 is 10.0 Å². The number of hydrogen-bond donors (Lipinski definition) is 1. The van der Waals surface area contributed by atoms with E-state index in [9.17, 15) is 8.42 Å². The van der Waals surface area contributed by atoms with E-state index in [1.807, 2.05) is 6.92 Å². The molecule has 4 atom stereocenters. The van der Waals surface area contributed by atoms with Crippen LogP contribution in [0.15, 0.2) is 4.90 Å². The van der Waals surface area contributed by atoms with Crippen molar-refractivity contribution in [3.05, 3.63) is 11.4 Å². The highest BCUT2D eigenvalue weighted by Crippen LogP contribution is 2.49. The number of aryl methyl sites for hydroxylation is 2. The van der Waals surface area contributed by atoms with E-state index in [0.29, 0.717) is 28.1 Å². The summed E-state index contributed by atoms with van der Waals surface area (Å²) >= 11 is 0. The van der Waals surface area contributed by atoms with Crippen molar-refractivity contribution in [3.63, 3.8) is 0 Å². The van der Waals surface area contributed by atoms with Gasteiger partial charge in [-0.25, -0.2) is 13.1 Å². The highest BCUT2D eigenvalue weighted by Gasteiger charge is 2.43. The second kappa shape index (κ2) is 5.09. The Morgan fingerprint density at radius 2 is 2.00 bits per heavy atom. The molecule has 0 saturated heterocycles. The van der Waals surface area contributed by atoms with Crippen LogP contribution in [0.25, 0.3) is 0 Å². The molecule has 118 valence electrons. The van der Waals surface area contributed by atoms with Crippen LogP contribution in [-0.2, 0) is 17.1 Å². The monoisotopic (exact) mass is 311 g/mol. The molecule has 0 aromatic carbocycles. The lowest BCUT2D eigenvalue weighted by molar-refractivity contribution is 0.280. The molecule has 0 amide bonds. The highest BCUT2D eigenvalue weighted by atomic mass is 32.2. The highest BCUT2D eigenvalue weighted by molar-refractivity contribution is 7.89. The van der Waals surface area contributed by atoms with Gasteiger partial charge in [-0.3, -0.25) is 4.68 Å². The van der Waals surface area contributed by atoms with Crippen molar-refractivity contribution in [1.82, 2.24) is 14.5 Å². The summed E-state index contributed by atoms with van der Waals surface area (Å²) in [6, 6.07) is 0.00399. The molecule has 0 aliphatic heterocycles. The van der Waals surface area contributed by atoms with E-state index in [1.165, 1.54) is 25.7 Å². The zero-order valence-corrected chi connectivity index (χ0v) is 14.1. The third-order valence-electron chi connectivity index (χ3n) is 5.49. The van der Waals surface area contributed by atoms with E-state index in [1.54, 1.807) is 25.6 Å². The first-order valence-electron chi connectivity index (χ1n) is 7.82. The zero-order chi connectivity index (χ0) is 15.4. The van der Waals surface area contributed by atoms with E-state index in [0.717, 1.165) is 5.92 Å². The van der Waals surface area contributed by atoms with E-state index in [-0.39, 0.29) is 6.04 Å². The summed E-state index contributed by atoms with van der Waals surface area (Å²) in [5, 5.41) is 4.22. The maximum atomic E-state index is 12.7. The number of aromatic nitrogens is 2. The lowest BCUT2D eigenvalue weighted by atomic mass is 9.84. The molecule has 6 heteroatoms. The molecule has 1 N–H and O–H groups in total. The van der Waals surface area contributed by atoms with E-state index >= 15 is 0 Å². The molecule has 0 radical (unpaired) electrons. The first-order chi connectivity index (χ1) is 9.79. The molecule has 5 nitrogen and oxygen atoms in total. The summed E-state index contributed by atoms with van der Waals surface area (Å²) in [5.41, 5.74) is 1.27. The molecule has 0 unspecified atom stereocenters. The number of nitrogens with zero attached hydrogens (tertiary/aromatic N) is 2. The van der Waals surface area contributed by atoms with Crippen LogP contribution in [0.4, 0.5) is 0 Å². The Labute approximate surface area is 127 Å². The quantitative estimate of drug-likeness (QED) is 0.926. The zero-order valence-electron chi connectivity index (χ0n) is 13.3. The number of fused-ring (bicyclic) bond motifs is 2. The van der Waals surface area contributed by atoms with Gasteiger partial charge in [0.1, 0.15) is 4.90 Å². The summed E-state index contributed by atoms with van der Waals surface area (Å²) in [6.07, 6.45) is 5.08. The standard InChI is InChI=1S/C15H25N3O2S/c1-9(14-8-12-5-6-13(14)7-12)17-21(19,20)15-10(2)16-18(4)11(15)3/h9,12-14,17H,5-8H2,1-4H3/t9-,12-,13-,14-/m0/s1. The summed E-state index contributed by atoms with van der Waals surface area (Å²) in [5.74, 6) is 2.04. The van der Waals surface area contributed by atoms with Gasteiger partial charge in [-0.2, -0.15) is 5.10 Å². The van der Waals surface area contributed by atoms with Gasteiger partial charge in [0.2, 0.25) is 10.0 Å². The predicted octanol–water partition coefficient (Wildman–Crippen LogP) is 2.14. The van der Waals surface area contributed by atoms with Crippen LogP contribution in [0, 0.1) is 31.6 Å². The van der Waals surface area contributed by atoms with Gasteiger partial charge >= 0.3 is 0 Å². The second-order valence-corrected chi connectivity index (χ2v) is 8.52. The molecular weight excluding hydrogens is 286 g/mol. The van der Waals surface area contributed by atoms with Gasteiger partial charge in [-0.05, 0) is 57.8 Å². The SMILES string of the molecule is Cc1nn(C)c(C)c1S(=O)(=O)N[C@@H](C)[C@@H]1C[C@H]2CC[C@H]1C2. The van der Waals surface area contributed by atoms with Gasteiger partial charge in [0.05, 0.1) is 11.4 Å². The largest absolute Gasteiger partial charge is 0.271 e. The molecule has 1 aromatic heterocycles. The lowest BCUT2D eigenvalue weighted by Crippen LogP contribution is -2.40. The smallest absolute Gasteiger partial charge is 0.244 e. The minimum Gasteiger partial charge on any atom is -0.271 e. The molecule has 2 aliphatic carbocycles. The second-order valence-electron chi connectivity index (χ2n) is 6.87. The first-order valence-corrected chi connectivity index (χ1v) is 9.30. The van der Waals surface area contributed by atoms with Crippen LogP contribution in [-0.4, -0.2) is 24.2 Å². The minimum absolute atomic E-state index is 0.00399. The molecule has 2 bridgehead atoms. The molecular formula is C15H25N3O2S. The molecule has 2 fully saturated rings. The Kier molecular flexibility index (Phi) is 3.64. The van der Waals surface area contributed by atoms with Gasteiger partial charge in [0.15, 0.2) is 0 Å². The predicted molar refractivity (Wildman–Crippen MR) is 81.4 cm³/mol. The maximum absolute atomic E-state index is 12.7. The number of sulfonamides is 1. The van der Waals surface area contributed by atoms with Crippen molar-refractivity contribution in [3.8, 4) is 0 Å². The maximum Gasteiger partial charge on any atom is 0.244 e. The third kappa shape index (κ3) is 2.52. The van der Waals surface area contributed by atoms with Crippen LogP contribution < -0.4 is 4.72 Å². The lowest BCUT2D eigenvalue weighted by Gasteiger charge is -2.28. The van der Waals surface area contributed by atoms with E-state index < -0.39 is 10.0 Å². The van der Waals surface area contributed by atoms with Crippen LogP contribution in [0.5, 0.6) is 0 Å². The molecule has 2 saturated carbocycles. The Morgan fingerprint density at radius 3 is 2.48 bits per heavy atom. The average molecular weight is 311 g/mol. The topological polar surface area (TPSA) is 64.0 Å². The van der Waals surface area contributed by atoms with Crippen LogP contribution in [0.1, 0.15) is 44.0 Å². The Bertz CT molecular complexity index is 650. The van der Waals surface area contributed by atoms with Crippen molar-refractivity contribution in [2.24, 2.45) is 24.8 Å². The summed E-state index contributed by atoms with van der Waals surface area (Å²) in [7, 11) is -1.71. The van der Waals surface area contributed by atoms with E-state index in [2.05, 4.69) is 9.82 Å². The summed E-state index contributed by atoms with van der Waals surface area (Å²) in [4.78, 5) is 0.347. The van der Waals surface area contributed by atoms with Gasteiger partial charge in [-0.1, -0.05) is 6.42 Å². The number of nitrogens with one attached hydrogen (secondary N) is 1. The Hall–Kier alpha value is -0.880. The summed E-state index contributed by atoms with van der Waals surface area (Å²) in [6.45, 7) is 5.57. The molecule has 2 aliphatic rings. The van der Waals surface area contributed by atoms with Crippen molar-refractivity contribution in [2.75, 3.05) is 0 Å². The molecule has 21 heavy (non-hydrogen) atoms. The van der Waals surface area contributed by atoms with Gasteiger partial charge in [0, 0.05) is 13.1 Å². The average Bonchev–Trinajstić information content (AvgIpc) is 3.04. The molecule has 1 aromatic rings. The fraction of sp³-hybridized carbons (Fsp3) is 0.800.